The molecule has 0 fully saturated rings. The van der Waals surface area contributed by atoms with Gasteiger partial charge in [0.05, 0.1) is 17.3 Å². The smallest absolute Gasteiger partial charge is 0.364 e. The molecule has 7 nitrogen and oxygen atoms in total. The number of fused-ring (bicyclic) bond motifs is 1. The summed E-state index contributed by atoms with van der Waals surface area (Å²) in [6.45, 7) is 2.77. The molecule has 2 aromatic rings. The lowest BCUT2D eigenvalue weighted by molar-refractivity contribution is 0.0515. The Kier molecular flexibility index (Phi) is 3.81. The normalized spacial score (nSPS) is 13.1. The molecule has 0 aliphatic carbocycles. The minimum atomic E-state index is -0.758. The molecule has 114 valence electrons. The highest BCUT2D eigenvalue weighted by Gasteiger charge is 2.28. The van der Waals surface area contributed by atoms with Gasteiger partial charge in [-0.1, -0.05) is 23.7 Å². The molecule has 2 heterocycles. The maximum Gasteiger partial charge on any atom is 0.364 e. The quantitative estimate of drug-likeness (QED) is 0.800. The summed E-state index contributed by atoms with van der Waals surface area (Å²) in [5.74, 6) is -0.391. The second kappa shape index (κ2) is 5.76. The van der Waals surface area contributed by atoms with Crippen LogP contribution in [0.4, 0.5) is 11.6 Å². The molecule has 1 aromatic heterocycles. The maximum absolute atomic E-state index is 12.3. The van der Waals surface area contributed by atoms with Crippen LogP contribution < -0.4 is 10.5 Å². The first-order chi connectivity index (χ1) is 10.6. The minimum absolute atomic E-state index is 0.174. The fourth-order valence-electron chi connectivity index (χ4n) is 2.34. The summed E-state index contributed by atoms with van der Waals surface area (Å²) in [5.41, 5.74) is -0.0578. The van der Waals surface area contributed by atoms with Gasteiger partial charge in [-0.2, -0.15) is 0 Å². The molecule has 22 heavy (non-hydrogen) atoms. The molecule has 0 atom stereocenters. The van der Waals surface area contributed by atoms with Crippen LogP contribution >= 0.6 is 11.6 Å². The molecule has 1 aromatic carbocycles. The zero-order valence-corrected chi connectivity index (χ0v) is 12.6. The molecule has 1 aliphatic heterocycles. The van der Waals surface area contributed by atoms with Gasteiger partial charge < -0.3 is 9.64 Å². The summed E-state index contributed by atoms with van der Waals surface area (Å²) < 4.78 is 6.21. The summed E-state index contributed by atoms with van der Waals surface area (Å²) in [5, 5.41) is 8.29. The number of carbonyl (C=O) groups is 1. The number of nitrogens with zero attached hydrogens (tertiary/aromatic N) is 4. The summed E-state index contributed by atoms with van der Waals surface area (Å²) in [6.07, 6.45) is 0. The first kappa shape index (κ1) is 14.5. The van der Waals surface area contributed by atoms with E-state index in [1.165, 1.54) is 4.57 Å². The Bertz CT molecular complexity index is 790. The number of para-hydroxylation sites is 1. The summed E-state index contributed by atoms with van der Waals surface area (Å²) >= 11 is 6.18. The van der Waals surface area contributed by atoms with Crippen molar-refractivity contribution in [3.8, 4) is 0 Å². The Hall–Kier alpha value is -2.41. The van der Waals surface area contributed by atoms with Crippen molar-refractivity contribution in [2.45, 2.75) is 13.5 Å². The van der Waals surface area contributed by atoms with Gasteiger partial charge >= 0.3 is 5.97 Å². The van der Waals surface area contributed by atoms with Crippen LogP contribution in [0, 0.1) is 0 Å². The third kappa shape index (κ3) is 2.33. The van der Waals surface area contributed by atoms with Gasteiger partial charge in [0.1, 0.15) is 0 Å². The number of aromatic nitrogens is 3. The number of benzene rings is 1. The van der Waals surface area contributed by atoms with E-state index in [1.807, 2.05) is 18.2 Å². The van der Waals surface area contributed by atoms with E-state index in [9.17, 15) is 9.59 Å². The van der Waals surface area contributed by atoms with Gasteiger partial charge in [-0.3, -0.25) is 9.36 Å². The van der Waals surface area contributed by atoms with Gasteiger partial charge in [0.25, 0.3) is 5.56 Å². The number of carbonyl (C=O) groups excluding carboxylic acids is 1. The summed E-state index contributed by atoms with van der Waals surface area (Å²) in [4.78, 5) is 25.8. The zero-order chi connectivity index (χ0) is 15.7. The van der Waals surface area contributed by atoms with E-state index in [0.717, 1.165) is 5.69 Å². The molecule has 0 N–H and O–H groups in total. The minimum Gasteiger partial charge on any atom is -0.461 e. The summed E-state index contributed by atoms with van der Waals surface area (Å²) in [6, 6.07) is 7.27. The molecular formula is C14H13ClN4O3. The second-order valence-electron chi connectivity index (χ2n) is 4.63. The van der Waals surface area contributed by atoms with Crippen LogP contribution in [0.3, 0.4) is 0 Å². The molecule has 0 saturated heterocycles. The van der Waals surface area contributed by atoms with Crippen LogP contribution in [0.1, 0.15) is 17.4 Å². The monoisotopic (exact) mass is 320 g/mol. The Morgan fingerprint density at radius 3 is 2.82 bits per heavy atom. The fourth-order valence-corrected chi connectivity index (χ4v) is 2.58. The van der Waals surface area contributed by atoms with Crippen molar-refractivity contribution in [3.63, 3.8) is 0 Å². The van der Waals surface area contributed by atoms with Crippen molar-refractivity contribution < 1.29 is 9.53 Å². The molecule has 0 spiro atoms. The van der Waals surface area contributed by atoms with E-state index < -0.39 is 11.5 Å². The van der Waals surface area contributed by atoms with Crippen molar-refractivity contribution in [2.75, 3.05) is 18.1 Å². The Labute approximate surface area is 131 Å². The standard InChI is InChI=1S/C14H13ClN4O3/c1-2-22-13(21)11-12(20)19-8-7-18(14(19)17-16-11)10-6-4-3-5-9(10)15/h3-6H,2,7-8H2,1H3. The predicted molar refractivity (Wildman–Crippen MR) is 80.7 cm³/mol. The van der Waals surface area contributed by atoms with Crippen LogP contribution in [0.5, 0.6) is 0 Å². The number of anilines is 2. The molecule has 3 rings (SSSR count). The Morgan fingerprint density at radius 1 is 1.32 bits per heavy atom. The van der Waals surface area contributed by atoms with Crippen LogP contribution in [0.2, 0.25) is 5.02 Å². The van der Waals surface area contributed by atoms with Crippen molar-refractivity contribution in [3.05, 3.63) is 45.3 Å². The highest BCUT2D eigenvalue weighted by atomic mass is 35.5. The highest BCUT2D eigenvalue weighted by molar-refractivity contribution is 6.33. The van der Waals surface area contributed by atoms with E-state index in [4.69, 9.17) is 16.3 Å². The van der Waals surface area contributed by atoms with Gasteiger partial charge in [-0.05, 0) is 19.1 Å². The van der Waals surface area contributed by atoms with Crippen LogP contribution in [-0.4, -0.2) is 33.9 Å². The SMILES string of the molecule is CCOC(=O)c1nnc2n(c1=O)CCN2c1ccccc1Cl. The second-order valence-corrected chi connectivity index (χ2v) is 5.04. The van der Waals surface area contributed by atoms with E-state index >= 15 is 0 Å². The first-order valence-electron chi connectivity index (χ1n) is 6.80. The molecule has 1 aliphatic rings. The van der Waals surface area contributed by atoms with E-state index in [2.05, 4.69) is 10.2 Å². The average Bonchev–Trinajstić information content (AvgIpc) is 2.93. The molecule has 0 saturated carbocycles. The van der Waals surface area contributed by atoms with Gasteiger partial charge in [0.2, 0.25) is 11.6 Å². The van der Waals surface area contributed by atoms with Gasteiger partial charge in [-0.15, -0.1) is 10.2 Å². The lowest BCUT2D eigenvalue weighted by atomic mass is 10.3. The summed E-state index contributed by atoms with van der Waals surface area (Å²) in [7, 11) is 0. The fraction of sp³-hybridized carbons (Fsp3) is 0.286. The Morgan fingerprint density at radius 2 is 2.09 bits per heavy atom. The third-order valence-electron chi connectivity index (χ3n) is 3.33. The largest absolute Gasteiger partial charge is 0.461 e. The predicted octanol–water partition coefficient (Wildman–Crippen LogP) is 1.62. The number of hydrogen-bond donors (Lipinski definition) is 0. The van der Waals surface area contributed by atoms with E-state index in [0.29, 0.717) is 24.1 Å². The van der Waals surface area contributed by atoms with Gasteiger partial charge in [0.15, 0.2) is 0 Å². The molecule has 0 unspecified atom stereocenters. The lowest BCUT2D eigenvalue weighted by Crippen LogP contribution is -2.29. The molecule has 0 amide bonds. The van der Waals surface area contributed by atoms with Gasteiger partial charge in [0, 0.05) is 13.1 Å². The highest BCUT2D eigenvalue weighted by Crippen LogP contribution is 2.32. The number of hydrogen-bond acceptors (Lipinski definition) is 6. The van der Waals surface area contributed by atoms with Crippen LogP contribution in [0.15, 0.2) is 29.1 Å². The Balaban J connectivity index is 2.04. The van der Waals surface area contributed by atoms with Crippen molar-refractivity contribution >= 4 is 29.2 Å². The van der Waals surface area contributed by atoms with Crippen molar-refractivity contribution in [1.82, 2.24) is 14.8 Å². The molecule has 0 bridgehead atoms. The van der Waals surface area contributed by atoms with Gasteiger partial charge in [-0.25, -0.2) is 4.79 Å². The average molecular weight is 321 g/mol. The number of halogens is 1. The number of rotatable bonds is 3. The van der Waals surface area contributed by atoms with Crippen molar-refractivity contribution in [2.24, 2.45) is 0 Å². The molecule has 8 heteroatoms. The number of ether oxygens (including phenoxy) is 1. The van der Waals surface area contributed by atoms with Crippen molar-refractivity contribution in [1.29, 1.82) is 0 Å². The van der Waals surface area contributed by atoms with E-state index in [-0.39, 0.29) is 12.3 Å². The lowest BCUT2D eigenvalue weighted by Gasteiger charge is -2.17. The van der Waals surface area contributed by atoms with Crippen LogP contribution in [-0.2, 0) is 11.3 Å². The van der Waals surface area contributed by atoms with Crippen LogP contribution in [0.25, 0.3) is 0 Å². The third-order valence-corrected chi connectivity index (χ3v) is 3.65. The zero-order valence-electron chi connectivity index (χ0n) is 11.8. The maximum atomic E-state index is 12.3. The topological polar surface area (TPSA) is 77.3 Å². The molecule has 0 radical (unpaired) electrons. The van der Waals surface area contributed by atoms with E-state index in [1.54, 1.807) is 17.9 Å². The number of esters is 1. The molecular weight excluding hydrogens is 308 g/mol. The first-order valence-corrected chi connectivity index (χ1v) is 7.18.